The Kier molecular flexibility index (Phi) is 8.29. The molecule has 5 heteroatoms. The molecule has 0 unspecified atom stereocenters. The molecule has 5 nitrogen and oxygen atoms in total. The zero-order chi connectivity index (χ0) is 35.8. The highest BCUT2D eigenvalue weighted by Crippen LogP contribution is 2.66. The number of hydrogen-bond donors (Lipinski definition) is 0. The average Bonchev–Trinajstić information content (AvgIpc) is 3.64. The molecular weight excluding hydrogens is 645 g/mol. The summed E-state index contributed by atoms with van der Waals surface area (Å²) in [4.78, 5) is 24.8. The number of terminal acetylenes is 1. The smallest absolute Gasteiger partial charge is 0.343 e. The molecule has 0 saturated heterocycles. The molecule has 0 amide bonds. The number of carbonyl (C=O) groups excluding carboxylic acids is 2. The lowest BCUT2D eigenvalue weighted by Gasteiger charge is -2.54. The fourth-order valence-corrected chi connectivity index (χ4v) is 13.4. The van der Waals surface area contributed by atoms with E-state index in [-0.39, 0.29) is 28.9 Å². The molecular formula is C47H54O5. The van der Waals surface area contributed by atoms with Gasteiger partial charge < -0.3 is 14.2 Å². The number of benzene rings is 2. The van der Waals surface area contributed by atoms with Gasteiger partial charge in [0, 0.05) is 24.2 Å². The lowest BCUT2D eigenvalue weighted by atomic mass is 9.51. The number of fused-ring (bicyclic) bond motifs is 10. The van der Waals surface area contributed by atoms with Gasteiger partial charge in [0.2, 0.25) is 0 Å². The minimum Gasteiger partial charge on any atom is -0.494 e. The summed E-state index contributed by atoms with van der Waals surface area (Å²) in [6, 6.07) is 15.6. The van der Waals surface area contributed by atoms with Crippen molar-refractivity contribution in [1.29, 1.82) is 0 Å². The number of allylic oxidation sites excluding steroid dienone is 4. The second-order valence-electron chi connectivity index (χ2n) is 17.9. The Balaban J connectivity index is 0.867. The third kappa shape index (κ3) is 5.25. The van der Waals surface area contributed by atoms with Crippen LogP contribution in [0.15, 0.2) is 72.0 Å². The molecule has 11 atom stereocenters. The Morgan fingerprint density at radius 1 is 0.827 bits per heavy atom. The first-order chi connectivity index (χ1) is 25.1. The number of rotatable bonds is 5. The van der Waals surface area contributed by atoms with Gasteiger partial charge in [-0.2, -0.15) is 0 Å². The minimum atomic E-state index is -0.760. The summed E-state index contributed by atoms with van der Waals surface area (Å²) in [6.07, 6.45) is 25.7. The number of aryl methyl sites for hydroxylation is 1. The van der Waals surface area contributed by atoms with Crippen LogP contribution in [-0.2, 0) is 20.7 Å². The number of esters is 2. The number of carbonyl (C=O) groups is 2. The van der Waals surface area contributed by atoms with Gasteiger partial charge in [-0.15, -0.1) is 6.42 Å². The number of ether oxygens (including phenoxy) is 3. The zero-order valence-corrected chi connectivity index (χ0v) is 31.2. The fraction of sp³-hybridized carbons (Fsp3) is 0.574. The van der Waals surface area contributed by atoms with Crippen LogP contribution in [0.1, 0.15) is 125 Å². The Labute approximate surface area is 310 Å². The second-order valence-corrected chi connectivity index (χ2v) is 17.9. The maximum absolute atomic E-state index is 12.7. The Morgan fingerprint density at radius 2 is 1.67 bits per heavy atom. The Hall–Kier alpha value is -3.78. The van der Waals surface area contributed by atoms with E-state index in [1.54, 1.807) is 12.1 Å². The minimum absolute atomic E-state index is 0.146. The molecule has 7 aliphatic carbocycles. The molecule has 4 saturated carbocycles. The van der Waals surface area contributed by atoms with E-state index in [9.17, 15) is 9.59 Å². The van der Waals surface area contributed by atoms with Crippen LogP contribution < -0.4 is 4.74 Å². The average molecular weight is 699 g/mol. The monoisotopic (exact) mass is 698 g/mol. The third-order valence-corrected chi connectivity index (χ3v) is 15.9. The van der Waals surface area contributed by atoms with Crippen LogP contribution in [0.4, 0.5) is 0 Å². The van der Waals surface area contributed by atoms with E-state index >= 15 is 0 Å². The highest BCUT2D eigenvalue weighted by Gasteiger charge is 2.64. The van der Waals surface area contributed by atoms with Crippen molar-refractivity contribution < 1.29 is 23.8 Å². The molecule has 0 aliphatic heterocycles. The highest BCUT2D eigenvalue weighted by molar-refractivity contribution is 5.91. The molecule has 52 heavy (non-hydrogen) atoms. The van der Waals surface area contributed by atoms with E-state index < -0.39 is 5.60 Å². The van der Waals surface area contributed by atoms with Crippen molar-refractivity contribution in [3.63, 3.8) is 0 Å². The van der Waals surface area contributed by atoms with Crippen LogP contribution >= 0.6 is 0 Å². The standard InChI is InChI=1S/C47H54O5/c1-5-47(52-29(2)48)26-23-42-40-16-12-31-27-33(13-17-36(31)38(40)22-25-46(42,47)4)50-43-20-19-41-39-15-11-32-28-34(51-44(49)30-9-7-6-8-10-30)14-18-35(32)37(39)21-24-45(41,43)3/h1,6-10,12,14,18,27-28,36-43H,11,13,15-17,19-26H2,2-4H3/t36-,37+,38+,39+,40+,41-,42-,43-,45-,46-,47+/m0/s1. The summed E-state index contributed by atoms with van der Waals surface area (Å²) < 4.78 is 18.9. The van der Waals surface area contributed by atoms with Crippen LogP contribution in [0.5, 0.6) is 5.75 Å². The van der Waals surface area contributed by atoms with Crippen molar-refractivity contribution in [3.05, 3.63) is 88.7 Å². The highest BCUT2D eigenvalue weighted by atomic mass is 16.6. The van der Waals surface area contributed by atoms with E-state index in [1.165, 1.54) is 61.5 Å². The van der Waals surface area contributed by atoms with Crippen molar-refractivity contribution in [2.75, 3.05) is 0 Å². The molecule has 7 aliphatic rings. The number of hydrogen-bond acceptors (Lipinski definition) is 5. The van der Waals surface area contributed by atoms with Gasteiger partial charge in [-0.1, -0.05) is 50.1 Å². The summed E-state index contributed by atoms with van der Waals surface area (Å²) in [5.74, 6) is 8.61. The van der Waals surface area contributed by atoms with Crippen molar-refractivity contribution in [3.8, 4) is 18.1 Å². The summed E-state index contributed by atoms with van der Waals surface area (Å²) in [6.45, 7) is 6.35. The van der Waals surface area contributed by atoms with Gasteiger partial charge in [-0.25, -0.2) is 4.79 Å². The fourth-order valence-electron chi connectivity index (χ4n) is 13.4. The molecule has 0 bridgehead atoms. The summed E-state index contributed by atoms with van der Waals surface area (Å²) in [5, 5.41) is 0. The summed E-state index contributed by atoms with van der Waals surface area (Å²) >= 11 is 0. The summed E-state index contributed by atoms with van der Waals surface area (Å²) in [5.41, 5.74) is 4.21. The van der Waals surface area contributed by atoms with Gasteiger partial charge in [-0.3, -0.25) is 4.79 Å². The predicted octanol–water partition coefficient (Wildman–Crippen LogP) is 10.1. The lowest BCUT2D eigenvalue weighted by Crippen LogP contribution is -2.53. The molecule has 0 N–H and O–H groups in total. The van der Waals surface area contributed by atoms with Gasteiger partial charge in [0.05, 0.1) is 11.3 Å². The molecule has 9 rings (SSSR count). The first-order valence-electron chi connectivity index (χ1n) is 20.3. The molecule has 0 aromatic heterocycles. The maximum Gasteiger partial charge on any atom is 0.343 e. The van der Waals surface area contributed by atoms with E-state index in [0.717, 1.165) is 51.4 Å². The summed E-state index contributed by atoms with van der Waals surface area (Å²) in [7, 11) is 0. The van der Waals surface area contributed by atoms with Crippen LogP contribution in [0.3, 0.4) is 0 Å². The predicted molar refractivity (Wildman–Crippen MR) is 201 cm³/mol. The molecule has 2 aromatic carbocycles. The molecule has 4 fully saturated rings. The van der Waals surface area contributed by atoms with Crippen molar-refractivity contribution in [2.45, 2.75) is 122 Å². The van der Waals surface area contributed by atoms with Crippen LogP contribution in [0.2, 0.25) is 0 Å². The lowest BCUT2D eigenvalue weighted by molar-refractivity contribution is -0.167. The van der Waals surface area contributed by atoms with Gasteiger partial charge in [0.15, 0.2) is 5.60 Å². The van der Waals surface area contributed by atoms with Gasteiger partial charge in [0.1, 0.15) is 11.9 Å². The molecule has 2 aromatic rings. The van der Waals surface area contributed by atoms with Crippen molar-refractivity contribution in [1.82, 2.24) is 0 Å². The van der Waals surface area contributed by atoms with Gasteiger partial charge in [0.25, 0.3) is 0 Å². The molecule has 272 valence electrons. The van der Waals surface area contributed by atoms with E-state index in [4.69, 9.17) is 20.6 Å². The van der Waals surface area contributed by atoms with E-state index in [2.05, 4.69) is 44.1 Å². The first kappa shape index (κ1) is 34.0. The van der Waals surface area contributed by atoms with Gasteiger partial charge >= 0.3 is 11.9 Å². The maximum atomic E-state index is 12.7. The Bertz CT molecular complexity index is 1870. The van der Waals surface area contributed by atoms with Gasteiger partial charge in [-0.05, 0) is 166 Å². The second kappa shape index (κ2) is 12.7. The van der Waals surface area contributed by atoms with Crippen LogP contribution in [-0.4, -0.2) is 23.6 Å². The quantitative estimate of drug-likeness (QED) is 0.177. The third-order valence-electron chi connectivity index (χ3n) is 15.9. The molecule has 0 radical (unpaired) electrons. The molecule has 0 heterocycles. The van der Waals surface area contributed by atoms with E-state index in [1.807, 2.05) is 24.3 Å². The van der Waals surface area contributed by atoms with Crippen molar-refractivity contribution in [2.24, 2.45) is 46.3 Å². The normalized spacial score (nSPS) is 39.8. The largest absolute Gasteiger partial charge is 0.494 e. The van der Waals surface area contributed by atoms with E-state index in [0.29, 0.717) is 52.7 Å². The van der Waals surface area contributed by atoms with Crippen LogP contribution in [0.25, 0.3) is 0 Å². The topological polar surface area (TPSA) is 61.8 Å². The molecule has 0 spiro atoms. The SMILES string of the molecule is C#C[C@@]1(OC(C)=O)CC[C@H]2[C@@H]3CC=C4C=C(O[C@H]5CC[C@H]6[C@@H]7CCc8cc(OC(=O)c9ccccc9)ccc8[C@H]7CC[C@]56C)CC[C@@H]4[C@H]3CC[C@@]21C. The Morgan fingerprint density at radius 3 is 2.48 bits per heavy atom. The zero-order valence-electron chi connectivity index (χ0n) is 31.2. The first-order valence-corrected chi connectivity index (χ1v) is 20.3. The van der Waals surface area contributed by atoms with Crippen LogP contribution in [0, 0.1) is 58.7 Å². The van der Waals surface area contributed by atoms with Crippen molar-refractivity contribution >= 4 is 11.9 Å².